The van der Waals surface area contributed by atoms with Gasteiger partial charge in [-0.3, -0.25) is 0 Å². The van der Waals surface area contributed by atoms with E-state index in [1.165, 1.54) is 0 Å². The Bertz CT molecular complexity index is 439. The SMILES string of the molecule is CCNc1nc(NCC2CCCN2C)c(F)cc1F. The van der Waals surface area contributed by atoms with Gasteiger partial charge in [-0.15, -0.1) is 0 Å². The Labute approximate surface area is 112 Å². The average Bonchev–Trinajstić information content (AvgIpc) is 2.77. The van der Waals surface area contributed by atoms with Crippen molar-refractivity contribution in [3.8, 4) is 0 Å². The highest BCUT2D eigenvalue weighted by atomic mass is 19.1. The molecule has 19 heavy (non-hydrogen) atoms. The molecule has 1 aliphatic heterocycles. The fourth-order valence-electron chi connectivity index (χ4n) is 2.33. The first-order valence-corrected chi connectivity index (χ1v) is 6.65. The van der Waals surface area contributed by atoms with Crippen LogP contribution in [0.5, 0.6) is 0 Å². The summed E-state index contributed by atoms with van der Waals surface area (Å²) in [5.41, 5.74) is 0. The monoisotopic (exact) mass is 270 g/mol. The van der Waals surface area contributed by atoms with E-state index in [4.69, 9.17) is 0 Å². The molecule has 106 valence electrons. The van der Waals surface area contributed by atoms with Gasteiger partial charge in [-0.25, -0.2) is 13.8 Å². The topological polar surface area (TPSA) is 40.2 Å². The molecule has 1 saturated heterocycles. The van der Waals surface area contributed by atoms with Crippen molar-refractivity contribution in [1.29, 1.82) is 0 Å². The Balaban J connectivity index is 2.04. The van der Waals surface area contributed by atoms with Crippen molar-refractivity contribution in [2.24, 2.45) is 0 Å². The molecule has 0 aromatic carbocycles. The minimum absolute atomic E-state index is 0.0891. The van der Waals surface area contributed by atoms with Crippen molar-refractivity contribution in [3.05, 3.63) is 17.7 Å². The van der Waals surface area contributed by atoms with E-state index >= 15 is 0 Å². The molecule has 4 nitrogen and oxygen atoms in total. The first-order chi connectivity index (χ1) is 9.11. The first kappa shape index (κ1) is 14.0. The number of rotatable bonds is 5. The van der Waals surface area contributed by atoms with Crippen LogP contribution in [0.2, 0.25) is 0 Å². The van der Waals surface area contributed by atoms with Gasteiger partial charge in [0.15, 0.2) is 23.3 Å². The van der Waals surface area contributed by atoms with Crippen LogP contribution in [0.15, 0.2) is 6.07 Å². The summed E-state index contributed by atoms with van der Waals surface area (Å²) >= 11 is 0. The Morgan fingerprint density at radius 3 is 2.58 bits per heavy atom. The van der Waals surface area contributed by atoms with Gasteiger partial charge in [0.1, 0.15) is 0 Å². The molecule has 0 bridgehead atoms. The van der Waals surface area contributed by atoms with Crippen LogP contribution >= 0.6 is 0 Å². The largest absolute Gasteiger partial charge is 0.368 e. The van der Waals surface area contributed by atoms with Gasteiger partial charge in [-0.1, -0.05) is 0 Å². The van der Waals surface area contributed by atoms with Crippen LogP contribution in [0.25, 0.3) is 0 Å². The normalized spacial score (nSPS) is 19.7. The number of anilines is 2. The third kappa shape index (κ3) is 3.32. The van der Waals surface area contributed by atoms with Crippen molar-refractivity contribution in [2.75, 3.05) is 37.3 Å². The molecule has 0 amide bonds. The zero-order valence-corrected chi connectivity index (χ0v) is 11.3. The number of hydrogen-bond acceptors (Lipinski definition) is 4. The highest BCUT2D eigenvalue weighted by Crippen LogP contribution is 2.20. The maximum Gasteiger partial charge on any atom is 0.168 e. The van der Waals surface area contributed by atoms with E-state index in [2.05, 4.69) is 27.6 Å². The van der Waals surface area contributed by atoms with Gasteiger partial charge in [0.2, 0.25) is 0 Å². The molecule has 0 radical (unpaired) electrons. The number of nitrogens with zero attached hydrogens (tertiary/aromatic N) is 2. The Hall–Kier alpha value is -1.43. The molecule has 2 rings (SSSR count). The maximum absolute atomic E-state index is 13.6. The number of nitrogens with one attached hydrogen (secondary N) is 2. The van der Waals surface area contributed by atoms with Crippen LogP contribution in [-0.4, -0.2) is 42.6 Å². The van der Waals surface area contributed by atoms with Crippen LogP contribution in [0.1, 0.15) is 19.8 Å². The van der Waals surface area contributed by atoms with Crippen LogP contribution in [-0.2, 0) is 0 Å². The van der Waals surface area contributed by atoms with Crippen LogP contribution in [0, 0.1) is 11.6 Å². The van der Waals surface area contributed by atoms with Gasteiger partial charge in [0.05, 0.1) is 0 Å². The van der Waals surface area contributed by atoms with Crippen LogP contribution in [0.4, 0.5) is 20.4 Å². The Morgan fingerprint density at radius 1 is 1.32 bits per heavy atom. The number of likely N-dealkylation sites (tertiary alicyclic amines) is 1. The smallest absolute Gasteiger partial charge is 0.168 e. The first-order valence-electron chi connectivity index (χ1n) is 6.65. The Morgan fingerprint density at radius 2 is 2.00 bits per heavy atom. The minimum atomic E-state index is -0.664. The zero-order chi connectivity index (χ0) is 13.8. The second-order valence-corrected chi connectivity index (χ2v) is 4.84. The van der Waals surface area contributed by atoms with Crippen molar-refractivity contribution < 1.29 is 8.78 Å². The van der Waals surface area contributed by atoms with Crippen molar-refractivity contribution >= 4 is 11.6 Å². The lowest BCUT2D eigenvalue weighted by Gasteiger charge is -2.20. The van der Waals surface area contributed by atoms with Gasteiger partial charge in [0, 0.05) is 25.2 Å². The molecule has 1 aromatic heterocycles. The molecule has 1 unspecified atom stereocenters. The average molecular weight is 270 g/mol. The second kappa shape index (κ2) is 6.14. The van der Waals surface area contributed by atoms with E-state index in [0.29, 0.717) is 19.1 Å². The summed E-state index contributed by atoms with van der Waals surface area (Å²) in [4.78, 5) is 6.19. The van der Waals surface area contributed by atoms with Gasteiger partial charge >= 0.3 is 0 Å². The lowest BCUT2D eigenvalue weighted by atomic mass is 10.2. The summed E-state index contributed by atoms with van der Waals surface area (Å²) in [5.74, 6) is -1.12. The van der Waals surface area contributed by atoms with Crippen molar-refractivity contribution in [2.45, 2.75) is 25.8 Å². The molecule has 0 saturated carbocycles. The van der Waals surface area contributed by atoms with Gasteiger partial charge in [0.25, 0.3) is 0 Å². The molecular formula is C13H20F2N4. The number of likely N-dealkylation sites (N-methyl/N-ethyl adjacent to an activating group) is 1. The van der Waals surface area contributed by atoms with Gasteiger partial charge in [-0.05, 0) is 33.4 Å². The lowest BCUT2D eigenvalue weighted by Crippen LogP contribution is -2.32. The van der Waals surface area contributed by atoms with Gasteiger partial charge in [-0.2, -0.15) is 0 Å². The predicted octanol–water partition coefficient (Wildman–Crippen LogP) is 2.30. The molecule has 0 aliphatic carbocycles. The second-order valence-electron chi connectivity index (χ2n) is 4.84. The molecule has 2 N–H and O–H groups in total. The summed E-state index contributed by atoms with van der Waals surface area (Å²) in [5, 5.41) is 5.75. The molecule has 1 fully saturated rings. The van der Waals surface area contributed by atoms with E-state index in [-0.39, 0.29) is 11.6 Å². The van der Waals surface area contributed by atoms with Crippen LogP contribution in [0.3, 0.4) is 0 Å². The molecule has 2 heterocycles. The number of aromatic nitrogens is 1. The van der Waals surface area contributed by atoms with E-state index in [0.717, 1.165) is 25.5 Å². The molecule has 1 aromatic rings. The van der Waals surface area contributed by atoms with Gasteiger partial charge < -0.3 is 15.5 Å². The fraction of sp³-hybridized carbons (Fsp3) is 0.615. The Kier molecular flexibility index (Phi) is 4.52. The molecule has 0 spiro atoms. The van der Waals surface area contributed by atoms with Crippen LogP contribution < -0.4 is 10.6 Å². The van der Waals surface area contributed by atoms with Crippen molar-refractivity contribution in [1.82, 2.24) is 9.88 Å². The molecular weight excluding hydrogens is 250 g/mol. The fourth-order valence-corrected chi connectivity index (χ4v) is 2.33. The van der Waals surface area contributed by atoms with Crippen molar-refractivity contribution in [3.63, 3.8) is 0 Å². The summed E-state index contributed by atoms with van der Waals surface area (Å²) < 4.78 is 27.1. The maximum atomic E-state index is 13.6. The highest BCUT2D eigenvalue weighted by molar-refractivity contribution is 5.47. The molecule has 1 atom stereocenters. The third-order valence-corrected chi connectivity index (χ3v) is 3.45. The quantitative estimate of drug-likeness (QED) is 0.861. The summed E-state index contributed by atoms with van der Waals surface area (Å²) in [6.45, 7) is 4.07. The van der Waals surface area contributed by atoms with E-state index in [9.17, 15) is 8.78 Å². The number of halogens is 2. The molecule has 6 heteroatoms. The zero-order valence-electron chi connectivity index (χ0n) is 11.3. The third-order valence-electron chi connectivity index (χ3n) is 3.45. The minimum Gasteiger partial charge on any atom is -0.368 e. The lowest BCUT2D eigenvalue weighted by molar-refractivity contribution is 0.322. The number of hydrogen-bond donors (Lipinski definition) is 2. The van der Waals surface area contributed by atoms with E-state index in [1.54, 1.807) is 0 Å². The molecule has 1 aliphatic rings. The summed E-state index contributed by atoms with van der Waals surface area (Å²) in [7, 11) is 2.05. The highest BCUT2D eigenvalue weighted by Gasteiger charge is 2.21. The summed E-state index contributed by atoms with van der Waals surface area (Å²) in [6, 6.07) is 1.25. The standard InChI is InChI=1S/C13H20F2N4/c1-3-16-12-10(14)7-11(15)13(18-12)17-8-9-5-4-6-19(9)2/h7,9H,3-6,8H2,1-2H3,(H2,16,17,18). The predicted molar refractivity (Wildman–Crippen MR) is 72.5 cm³/mol. The number of pyridine rings is 1. The van der Waals surface area contributed by atoms with E-state index in [1.807, 2.05) is 6.92 Å². The van der Waals surface area contributed by atoms with E-state index < -0.39 is 11.6 Å². The summed E-state index contributed by atoms with van der Waals surface area (Å²) in [6.07, 6.45) is 2.25.